The first-order valence-corrected chi connectivity index (χ1v) is 4.05. The third-order valence-corrected chi connectivity index (χ3v) is 2.04. The molecule has 0 bridgehead atoms. The monoisotopic (exact) mass is 157 g/mol. The van der Waals surface area contributed by atoms with Crippen molar-refractivity contribution < 1.29 is 9.94 Å². The van der Waals surface area contributed by atoms with Gasteiger partial charge in [-0.25, -0.2) is 0 Å². The van der Waals surface area contributed by atoms with Crippen molar-refractivity contribution in [2.24, 2.45) is 11.1 Å². The van der Waals surface area contributed by atoms with E-state index in [1.165, 1.54) is 0 Å². The van der Waals surface area contributed by atoms with Crippen molar-refractivity contribution >= 4 is 5.71 Å². The van der Waals surface area contributed by atoms with Gasteiger partial charge in [0.1, 0.15) is 0 Å². The first-order chi connectivity index (χ1) is 5.24. The molecule has 0 amide bonds. The lowest BCUT2D eigenvalue weighted by atomic mass is 9.98. The van der Waals surface area contributed by atoms with Crippen LogP contribution in [0.15, 0.2) is 5.16 Å². The predicted octanol–water partition coefficient (Wildman–Crippen LogP) is 1.65. The minimum atomic E-state index is 0.245. The molecule has 1 heterocycles. The third-order valence-electron chi connectivity index (χ3n) is 2.04. The minimum Gasteiger partial charge on any atom is -0.411 e. The second-order valence-corrected chi connectivity index (χ2v) is 3.27. The van der Waals surface area contributed by atoms with Crippen LogP contribution in [-0.4, -0.2) is 23.6 Å². The number of oxime groups is 1. The van der Waals surface area contributed by atoms with Gasteiger partial charge in [-0.3, -0.25) is 0 Å². The summed E-state index contributed by atoms with van der Waals surface area (Å²) in [5.74, 6) is 0.507. The Kier molecular flexibility index (Phi) is 2.88. The first kappa shape index (κ1) is 8.53. The lowest BCUT2D eigenvalue weighted by Gasteiger charge is -2.26. The van der Waals surface area contributed by atoms with Gasteiger partial charge in [0.15, 0.2) is 0 Å². The van der Waals surface area contributed by atoms with Gasteiger partial charge in [-0.05, 0) is 5.92 Å². The van der Waals surface area contributed by atoms with Crippen LogP contribution in [0.25, 0.3) is 0 Å². The molecule has 1 fully saturated rings. The Bertz CT molecular complexity index is 154. The van der Waals surface area contributed by atoms with Crippen LogP contribution in [0.5, 0.6) is 0 Å². The zero-order valence-corrected chi connectivity index (χ0v) is 7.08. The minimum absolute atomic E-state index is 0.245. The van der Waals surface area contributed by atoms with Crippen LogP contribution in [0.2, 0.25) is 0 Å². The largest absolute Gasteiger partial charge is 0.411 e. The summed E-state index contributed by atoms with van der Waals surface area (Å²) in [6, 6.07) is 0. The van der Waals surface area contributed by atoms with Gasteiger partial charge < -0.3 is 9.94 Å². The summed E-state index contributed by atoms with van der Waals surface area (Å²) in [5.41, 5.74) is 0.870. The standard InChI is InChI=1S/C8H15NO2/c1-6(2)8-5-7(9-10)3-4-11-8/h6,8,10H,3-5H2,1-2H3. The van der Waals surface area contributed by atoms with Crippen molar-refractivity contribution in [2.75, 3.05) is 6.61 Å². The molecule has 0 radical (unpaired) electrons. The summed E-state index contributed by atoms with van der Waals surface area (Å²) < 4.78 is 5.48. The molecule has 1 saturated heterocycles. The lowest BCUT2D eigenvalue weighted by molar-refractivity contribution is 0.0186. The van der Waals surface area contributed by atoms with Crippen LogP contribution < -0.4 is 0 Å². The van der Waals surface area contributed by atoms with Gasteiger partial charge in [0.05, 0.1) is 18.4 Å². The van der Waals surface area contributed by atoms with Gasteiger partial charge in [-0.2, -0.15) is 0 Å². The summed E-state index contributed by atoms with van der Waals surface area (Å²) in [4.78, 5) is 0. The molecule has 0 spiro atoms. The molecule has 1 unspecified atom stereocenters. The molecule has 3 nitrogen and oxygen atoms in total. The smallest absolute Gasteiger partial charge is 0.0651 e. The topological polar surface area (TPSA) is 41.8 Å². The van der Waals surface area contributed by atoms with Crippen molar-refractivity contribution in [3.8, 4) is 0 Å². The summed E-state index contributed by atoms with van der Waals surface area (Å²) in [6.07, 6.45) is 1.81. The number of nitrogens with zero attached hydrogens (tertiary/aromatic N) is 1. The molecule has 0 aliphatic carbocycles. The molecule has 0 aromatic carbocycles. The molecule has 11 heavy (non-hydrogen) atoms. The van der Waals surface area contributed by atoms with E-state index in [4.69, 9.17) is 9.94 Å². The Morgan fingerprint density at radius 2 is 2.36 bits per heavy atom. The number of hydrogen-bond acceptors (Lipinski definition) is 3. The summed E-state index contributed by atoms with van der Waals surface area (Å²) in [7, 11) is 0. The van der Waals surface area contributed by atoms with Gasteiger partial charge >= 0.3 is 0 Å². The van der Waals surface area contributed by atoms with E-state index in [-0.39, 0.29) is 6.10 Å². The highest BCUT2D eigenvalue weighted by molar-refractivity contribution is 5.84. The van der Waals surface area contributed by atoms with Crippen LogP contribution >= 0.6 is 0 Å². The Morgan fingerprint density at radius 1 is 1.64 bits per heavy atom. The van der Waals surface area contributed by atoms with E-state index in [0.717, 1.165) is 18.6 Å². The average Bonchev–Trinajstić information content (AvgIpc) is 2.05. The second-order valence-electron chi connectivity index (χ2n) is 3.27. The summed E-state index contributed by atoms with van der Waals surface area (Å²) in [5, 5.41) is 11.7. The van der Waals surface area contributed by atoms with Crippen LogP contribution in [0.4, 0.5) is 0 Å². The van der Waals surface area contributed by atoms with Crippen molar-refractivity contribution in [3.63, 3.8) is 0 Å². The average molecular weight is 157 g/mol. The number of rotatable bonds is 1. The van der Waals surface area contributed by atoms with Gasteiger partial charge in [0.2, 0.25) is 0 Å². The molecule has 64 valence electrons. The van der Waals surface area contributed by atoms with Gasteiger partial charge in [0.25, 0.3) is 0 Å². The number of hydrogen-bond donors (Lipinski definition) is 1. The fraction of sp³-hybridized carbons (Fsp3) is 0.875. The lowest BCUT2D eigenvalue weighted by Crippen LogP contribution is -2.29. The molecule has 1 aliphatic rings. The molecule has 1 aliphatic heterocycles. The van der Waals surface area contributed by atoms with Crippen molar-refractivity contribution in [1.29, 1.82) is 0 Å². The number of ether oxygens (including phenoxy) is 1. The van der Waals surface area contributed by atoms with Crippen molar-refractivity contribution in [2.45, 2.75) is 32.8 Å². The van der Waals surface area contributed by atoms with E-state index in [1.807, 2.05) is 0 Å². The molecular formula is C8H15NO2. The second kappa shape index (κ2) is 3.72. The van der Waals surface area contributed by atoms with E-state index in [0.29, 0.717) is 12.5 Å². The van der Waals surface area contributed by atoms with Gasteiger partial charge in [-0.1, -0.05) is 19.0 Å². The Hall–Kier alpha value is -0.570. The highest BCUT2D eigenvalue weighted by atomic mass is 16.5. The molecule has 0 aromatic rings. The molecule has 1 rings (SSSR count). The fourth-order valence-corrected chi connectivity index (χ4v) is 1.24. The highest BCUT2D eigenvalue weighted by Crippen LogP contribution is 2.17. The van der Waals surface area contributed by atoms with Crippen LogP contribution in [0, 0.1) is 5.92 Å². The highest BCUT2D eigenvalue weighted by Gasteiger charge is 2.21. The molecular weight excluding hydrogens is 142 g/mol. The van der Waals surface area contributed by atoms with Crippen LogP contribution in [0.3, 0.4) is 0 Å². The van der Waals surface area contributed by atoms with E-state index in [2.05, 4.69) is 19.0 Å². The van der Waals surface area contributed by atoms with Gasteiger partial charge in [-0.15, -0.1) is 0 Å². The van der Waals surface area contributed by atoms with Crippen molar-refractivity contribution in [3.05, 3.63) is 0 Å². The third kappa shape index (κ3) is 2.19. The summed E-state index contributed by atoms with van der Waals surface area (Å²) >= 11 is 0. The Labute approximate surface area is 67.0 Å². The maximum atomic E-state index is 8.52. The maximum absolute atomic E-state index is 8.52. The van der Waals surface area contributed by atoms with E-state index in [1.54, 1.807) is 0 Å². The first-order valence-electron chi connectivity index (χ1n) is 4.05. The zero-order chi connectivity index (χ0) is 8.27. The molecule has 0 saturated carbocycles. The van der Waals surface area contributed by atoms with E-state index >= 15 is 0 Å². The molecule has 3 heteroatoms. The van der Waals surface area contributed by atoms with E-state index in [9.17, 15) is 0 Å². The molecule has 1 N–H and O–H groups in total. The summed E-state index contributed by atoms with van der Waals surface area (Å²) in [6.45, 7) is 4.93. The SMILES string of the molecule is CC(C)C1CC(=NO)CCO1. The Balaban J connectivity index is 2.46. The van der Waals surface area contributed by atoms with Gasteiger partial charge in [0, 0.05) is 12.8 Å². The van der Waals surface area contributed by atoms with Crippen molar-refractivity contribution in [1.82, 2.24) is 0 Å². The van der Waals surface area contributed by atoms with Crippen LogP contribution in [0.1, 0.15) is 26.7 Å². The zero-order valence-electron chi connectivity index (χ0n) is 7.08. The Morgan fingerprint density at radius 3 is 2.91 bits per heavy atom. The fourth-order valence-electron chi connectivity index (χ4n) is 1.24. The maximum Gasteiger partial charge on any atom is 0.0651 e. The van der Waals surface area contributed by atoms with E-state index < -0.39 is 0 Å². The normalized spacial score (nSPS) is 29.7. The molecule has 0 aromatic heterocycles. The molecule has 1 atom stereocenters. The predicted molar refractivity (Wildman–Crippen MR) is 43.0 cm³/mol. The van der Waals surface area contributed by atoms with Crippen LogP contribution in [-0.2, 0) is 4.74 Å². The quantitative estimate of drug-likeness (QED) is 0.464.